The number of aromatic nitrogens is 2. The van der Waals surface area contributed by atoms with Crippen LogP contribution in [-0.2, 0) is 16.0 Å². The molecule has 0 radical (unpaired) electrons. The average Bonchev–Trinajstić information content (AvgIpc) is 2.78. The first-order valence-corrected chi connectivity index (χ1v) is 10.6. The van der Waals surface area contributed by atoms with Crippen LogP contribution in [0.3, 0.4) is 0 Å². The average molecular weight is 421 g/mol. The summed E-state index contributed by atoms with van der Waals surface area (Å²) in [4.78, 5) is 27.8. The van der Waals surface area contributed by atoms with Crippen molar-refractivity contribution in [1.29, 1.82) is 0 Å². The Hall–Kier alpha value is -3.03. The van der Waals surface area contributed by atoms with Crippen LogP contribution in [0.4, 0.5) is 0 Å². The number of rotatable bonds is 6. The molecule has 7 nitrogen and oxygen atoms in total. The maximum atomic E-state index is 12.9. The smallest absolute Gasteiger partial charge is 0.359 e. The van der Waals surface area contributed by atoms with E-state index >= 15 is 0 Å². The van der Waals surface area contributed by atoms with Crippen LogP contribution in [0.2, 0.25) is 0 Å². The fourth-order valence-electron chi connectivity index (χ4n) is 3.81. The standard InChI is InChI=1S/C24H27N3O4/c1-17(2)27-23(28)21-11-7-6-10-20(21)22(25-27)24(29)31-16-19-15-26(12-13-30-19)14-18-8-4-3-5-9-18/h3-11,17,19H,12-16H2,1-2H3. The third kappa shape index (κ3) is 4.84. The number of esters is 1. The largest absolute Gasteiger partial charge is 0.458 e. The molecule has 0 aliphatic carbocycles. The van der Waals surface area contributed by atoms with Gasteiger partial charge >= 0.3 is 5.97 Å². The molecular formula is C24H27N3O4. The lowest BCUT2D eigenvalue weighted by molar-refractivity contribution is -0.0613. The molecule has 1 atom stereocenters. The van der Waals surface area contributed by atoms with Gasteiger partial charge in [-0.1, -0.05) is 48.5 Å². The molecule has 1 aromatic heterocycles. The van der Waals surface area contributed by atoms with Crippen LogP contribution < -0.4 is 5.56 Å². The van der Waals surface area contributed by atoms with Crippen molar-refractivity contribution in [2.45, 2.75) is 32.5 Å². The summed E-state index contributed by atoms with van der Waals surface area (Å²) in [7, 11) is 0. The van der Waals surface area contributed by atoms with Crippen LogP contribution in [0.25, 0.3) is 10.8 Å². The van der Waals surface area contributed by atoms with E-state index in [1.54, 1.807) is 24.3 Å². The van der Waals surface area contributed by atoms with Crippen molar-refractivity contribution in [2.24, 2.45) is 0 Å². The minimum Gasteiger partial charge on any atom is -0.458 e. The van der Waals surface area contributed by atoms with Crippen molar-refractivity contribution in [1.82, 2.24) is 14.7 Å². The Bertz CT molecular complexity index is 1110. The summed E-state index contributed by atoms with van der Waals surface area (Å²) in [5.74, 6) is -0.547. The molecule has 0 spiro atoms. The van der Waals surface area contributed by atoms with Gasteiger partial charge in [0.1, 0.15) is 12.7 Å². The van der Waals surface area contributed by atoms with E-state index in [1.165, 1.54) is 10.2 Å². The van der Waals surface area contributed by atoms with Gasteiger partial charge in [-0.3, -0.25) is 9.69 Å². The van der Waals surface area contributed by atoms with Crippen molar-refractivity contribution in [3.63, 3.8) is 0 Å². The fraction of sp³-hybridized carbons (Fsp3) is 0.375. The number of carbonyl (C=O) groups is 1. The highest BCUT2D eigenvalue weighted by molar-refractivity contribution is 6.02. The lowest BCUT2D eigenvalue weighted by atomic mass is 10.1. The normalized spacial score (nSPS) is 17.2. The number of hydrogen-bond donors (Lipinski definition) is 0. The van der Waals surface area contributed by atoms with E-state index in [4.69, 9.17) is 9.47 Å². The van der Waals surface area contributed by atoms with Gasteiger partial charge in [0.05, 0.1) is 18.0 Å². The summed E-state index contributed by atoms with van der Waals surface area (Å²) < 4.78 is 12.7. The Morgan fingerprint density at radius 1 is 1.13 bits per heavy atom. The second-order valence-corrected chi connectivity index (χ2v) is 8.05. The molecule has 1 aliphatic rings. The van der Waals surface area contributed by atoms with Crippen molar-refractivity contribution < 1.29 is 14.3 Å². The maximum absolute atomic E-state index is 12.9. The molecule has 162 valence electrons. The lowest BCUT2D eigenvalue weighted by Gasteiger charge is -2.32. The molecule has 0 bridgehead atoms. The highest BCUT2D eigenvalue weighted by atomic mass is 16.6. The molecule has 7 heteroatoms. The van der Waals surface area contributed by atoms with Crippen LogP contribution >= 0.6 is 0 Å². The van der Waals surface area contributed by atoms with Gasteiger partial charge in [0, 0.05) is 25.0 Å². The van der Waals surface area contributed by atoms with Crippen molar-refractivity contribution in [3.05, 3.63) is 76.2 Å². The summed E-state index contributed by atoms with van der Waals surface area (Å²) in [6.07, 6.45) is -0.205. The fourth-order valence-corrected chi connectivity index (χ4v) is 3.81. The Morgan fingerprint density at radius 3 is 2.58 bits per heavy atom. The number of nitrogens with zero attached hydrogens (tertiary/aromatic N) is 3. The van der Waals surface area contributed by atoms with Crippen LogP contribution in [-0.4, -0.2) is 53.1 Å². The third-order valence-electron chi connectivity index (χ3n) is 5.38. The van der Waals surface area contributed by atoms with E-state index in [-0.39, 0.29) is 30.0 Å². The summed E-state index contributed by atoms with van der Waals surface area (Å²) in [6.45, 7) is 6.80. The highest BCUT2D eigenvalue weighted by Gasteiger charge is 2.24. The zero-order chi connectivity index (χ0) is 21.8. The quantitative estimate of drug-likeness (QED) is 0.570. The maximum Gasteiger partial charge on any atom is 0.359 e. The van der Waals surface area contributed by atoms with Gasteiger partial charge in [-0.15, -0.1) is 0 Å². The molecule has 4 rings (SSSR count). The number of carbonyl (C=O) groups excluding carboxylic acids is 1. The predicted molar refractivity (Wildman–Crippen MR) is 118 cm³/mol. The minimum absolute atomic E-state index is 0.140. The molecule has 0 saturated carbocycles. The second-order valence-electron chi connectivity index (χ2n) is 8.05. The number of ether oxygens (including phenoxy) is 2. The minimum atomic E-state index is -0.547. The van der Waals surface area contributed by atoms with Gasteiger partial charge in [0.15, 0.2) is 5.69 Å². The zero-order valence-electron chi connectivity index (χ0n) is 17.9. The first kappa shape index (κ1) is 21.2. The topological polar surface area (TPSA) is 73.7 Å². The molecule has 0 amide bonds. The lowest BCUT2D eigenvalue weighted by Crippen LogP contribution is -2.44. The molecule has 31 heavy (non-hydrogen) atoms. The Morgan fingerprint density at radius 2 is 1.84 bits per heavy atom. The van der Waals surface area contributed by atoms with Crippen LogP contribution in [0.5, 0.6) is 0 Å². The van der Waals surface area contributed by atoms with E-state index in [0.29, 0.717) is 23.9 Å². The molecule has 2 heterocycles. The van der Waals surface area contributed by atoms with E-state index in [2.05, 4.69) is 22.1 Å². The number of fused-ring (bicyclic) bond motifs is 1. The van der Waals surface area contributed by atoms with E-state index in [0.717, 1.165) is 13.1 Å². The first-order chi connectivity index (χ1) is 15.0. The van der Waals surface area contributed by atoms with E-state index in [9.17, 15) is 9.59 Å². The van der Waals surface area contributed by atoms with Crippen LogP contribution in [0.1, 0.15) is 35.9 Å². The summed E-state index contributed by atoms with van der Waals surface area (Å²) in [5.41, 5.74) is 1.18. The molecule has 0 N–H and O–H groups in total. The van der Waals surface area contributed by atoms with Crippen molar-refractivity contribution in [2.75, 3.05) is 26.3 Å². The molecular weight excluding hydrogens is 394 g/mol. The van der Waals surface area contributed by atoms with Gasteiger partial charge in [-0.25, -0.2) is 9.48 Å². The monoisotopic (exact) mass is 421 g/mol. The van der Waals surface area contributed by atoms with Crippen LogP contribution in [0.15, 0.2) is 59.4 Å². The Balaban J connectivity index is 1.46. The van der Waals surface area contributed by atoms with Crippen molar-refractivity contribution in [3.8, 4) is 0 Å². The van der Waals surface area contributed by atoms with E-state index in [1.807, 2.05) is 32.0 Å². The Kier molecular flexibility index (Phi) is 6.44. The predicted octanol–water partition coefficient (Wildman–Crippen LogP) is 3.04. The molecule has 1 unspecified atom stereocenters. The van der Waals surface area contributed by atoms with Crippen molar-refractivity contribution >= 4 is 16.7 Å². The van der Waals surface area contributed by atoms with Crippen LogP contribution in [0, 0.1) is 0 Å². The van der Waals surface area contributed by atoms with Gasteiger partial charge in [-0.05, 0) is 25.5 Å². The molecule has 2 aromatic carbocycles. The summed E-state index contributed by atoms with van der Waals surface area (Å²) in [6, 6.07) is 17.1. The van der Waals surface area contributed by atoms with Gasteiger partial charge < -0.3 is 9.47 Å². The molecule has 1 fully saturated rings. The first-order valence-electron chi connectivity index (χ1n) is 10.6. The number of hydrogen-bond acceptors (Lipinski definition) is 6. The molecule has 1 saturated heterocycles. The summed E-state index contributed by atoms with van der Waals surface area (Å²) in [5, 5.41) is 5.28. The second kappa shape index (κ2) is 9.41. The number of benzene rings is 2. The van der Waals surface area contributed by atoms with E-state index < -0.39 is 5.97 Å². The third-order valence-corrected chi connectivity index (χ3v) is 5.38. The Labute approximate surface area is 181 Å². The van der Waals surface area contributed by atoms with Gasteiger partial charge in [0.2, 0.25) is 0 Å². The molecule has 1 aliphatic heterocycles. The van der Waals surface area contributed by atoms with Gasteiger partial charge in [0.25, 0.3) is 5.56 Å². The SMILES string of the molecule is CC(C)n1nc(C(=O)OCC2CN(Cc3ccccc3)CCO2)c2ccccc2c1=O. The summed E-state index contributed by atoms with van der Waals surface area (Å²) >= 11 is 0. The molecule has 3 aromatic rings. The highest BCUT2D eigenvalue weighted by Crippen LogP contribution is 2.17. The zero-order valence-corrected chi connectivity index (χ0v) is 17.9. The number of morpholine rings is 1. The van der Waals surface area contributed by atoms with Gasteiger partial charge in [-0.2, -0.15) is 5.10 Å².